The summed E-state index contributed by atoms with van der Waals surface area (Å²) < 4.78 is 57.5. The predicted octanol–water partition coefficient (Wildman–Crippen LogP) is 5.40. The molecule has 0 aliphatic carbocycles. The molecule has 0 bridgehead atoms. The highest BCUT2D eigenvalue weighted by Crippen LogP contribution is 2.30. The number of pyridine rings is 1. The molecule has 0 N–H and O–H groups in total. The van der Waals surface area contributed by atoms with Gasteiger partial charge in [0.15, 0.2) is 0 Å². The summed E-state index contributed by atoms with van der Waals surface area (Å²) in [5, 5.41) is 8.37. The first-order valence-electron chi connectivity index (χ1n) is 14.2. The largest absolute Gasteiger partial charge is 0.416 e. The van der Waals surface area contributed by atoms with Gasteiger partial charge in [-0.1, -0.05) is 5.21 Å². The molecule has 2 aromatic carbocycles. The van der Waals surface area contributed by atoms with Crippen LogP contribution in [0.4, 0.5) is 23.2 Å². The Labute approximate surface area is 239 Å². The number of carbonyl (C=O) groups is 1. The molecule has 0 saturated carbocycles. The fourth-order valence-corrected chi connectivity index (χ4v) is 5.80. The lowest BCUT2D eigenvalue weighted by atomic mass is 10.1. The summed E-state index contributed by atoms with van der Waals surface area (Å²) in [5.41, 5.74) is 0.370. The normalized spacial score (nSPS) is 16.3. The van der Waals surface area contributed by atoms with Gasteiger partial charge in [0.25, 0.3) is 5.91 Å². The van der Waals surface area contributed by atoms with Crippen molar-refractivity contribution in [3.05, 3.63) is 81.7 Å². The lowest BCUT2D eigenvalue weighted by Crippen LogP contribution is -2.38. The van der Waals surface area contributed by atoms with Gasteiger partial charge in [0.05, 0.1) is 35.2 Å². The van der Waals surface area contributed by atoms with E-state index >= 15 is 4.39 Å². The number of rotatable bonds is 5. The molecule has 12 heteroatoms. The average molecular weight is 583 g/mol. The molecule has 2 fully saturated rings. The molecule has 0 spiro atoms. The van der Waals surface area contributed by atoms with Crippen molar-refractivity contribution in [1.82, 2.24) is 24.5 Å². The Balaban J connectivity index is 1.40. The molecule has 0 radical (unpaired) electrons. The molecule has 42 heavy (non-hydrogen) atoms. The van der Waals surface area contributed by atoms with Crippen LogP contribution < -0.4 is 10.3 Å². The van der Waals surface area contributed by atoms with Gasteiger partial charge in [0, 0.05) is 37.8 Å². The van der Waals surface area contributed by atoms with Gasteiger partial charge in [0.1, 0.15) is 17.1 Å². The Morgan fingerprint density at radius 3 is 2.21 bits per heavy atom. The van der Waals surface area contributed by atoms with Crippen LogP contribution in [0.15, 0.2) is 53.6 Å². The Morgan fingerprint density at radius 2 is 1.55 bits per heavy atom. The van der Waals surface area contributed by atoms with E-state index < -0.39 is 23.0 Å². The van der Waals surface area contributed by atoms with Crippen molar-refractivity contribution in [3.63, 3.8) is 0 Å². The number of fused-ring (bicyclic) bond motifs is 1. The van der Waals surface area contributed by atoms with Crippen molar-refractivity contribution in [3.8, 4) is 5.69 Å². The fourth-order valence-electron chi connectivity index (χ4n) is 5.80. The maximum absolute atomic E-state index is 15.4. The average Bonchev–Trinajstić information content (AvgIpc) is 3.47. The number of hydrogen-bond acceptors (Lipinski definition) is 5. The number of nitrogens with zero attached hydrogens (tertiary/aromatic N) is 6. The molecule has 2 saturated heterocycles. The minimum absolute atomic E-state index is 0.0374. The second-order valence-corrected chi connectivity index (χ2v) is 10.9. The maximum atomic E-state index is 15.4. The summed E-state index contributed by atoms with van der Waals surface area (Å²) in [6.07, 6.45) is 4.33. The number of benzene rings is 2. The van der Waals surface area contributed by atoms with Gasteiger partial charge in [-0.15, -0.1) is 5.10 Å². The van der Waals surface area contributed by atoms with Gasteiger partial charge in [-0.3, -0.25) is 9.59 Å². The number of halogens is 4. The van der Waals surface area contributed by atoms with Crippen LogP contribution in [-0.2, 0) is 12.7 Å². The molecule has 0 atom stereocenters. The number of likely N-dealkylation sites (tertiary alicyclic amines) is 1. The van der Waals surface area contributed by atoms with E-state index in [2.05, 4.69) is 10.3 Å². The van der Waals surface area contributed by atoms with E-state index in [0.717, 1.165) is 50.7 Å². The SMILES string of the molecule is O=C(c1cn(Cc2cn(-c3ccc(C(F)(F)F)cc3)nn2)c2cc(N3CCCCC3)c(F)cc2c1=O)N1CCCCC1. The summed E-state index contributed by atoms with van der Waals surface area (Å²) in [5.74, 6) is -0.895. The van der Waals surface area contributed by atoms with Crippen LogP contribution in [-0.4, -0.2) is 56.5 Å². The first-order valence-corrected chi connectivity index (χ1v) is 14.2. The Morgan fingerprint density at radius 1 is 0.881 bits per heavy atom. The Hall–Kier alpha value is -4.22. The predicted molar refractivity (Wildman–Crippen MR) is 149 cm³/mol. The highest BCUT2D eigenvalue weighted by Gasteiger charge is 2.30. The highest BCUT2D eigenvalue weighted by molar-refractivity contribution is 5.98. The van der Waals surface area contributed by atoms with Crippen molar-refractivity contribution in [2.45, 2.75) is 51.2 Å². The maximum Gasteiger partial charge on any atom is 0.416 e. The van der Waals surface area contributed by atoms with E-state index in [1.165, 1.54) is 29.1 Å². The quantitative estimate of drug-likeness (QED) is 0.295. The molecule has 4 aromatic rings. The minimum Gasteiger partial charge on any atom is -0.369 e. The molecule has 8 nitrogen and oxygen atoms in total. The highest BCUT2D eigenvalue weighted by atomic mass is 19.4. The van der Waals surface area contributed by atoms with Crippen LogP contribution in [0.25, 0.3) is 16.6 Å². The lowest BCUT2D eigenvalue weighted by Gasteiger charge is -2.30. The van der Waals surface area contributed by atoms with Crippen molar-refractivity contribution in [1.29, 1.82) is 0 Å². The molecule has 1 amide bonds. The zero-order chi connectivity index (χ0) is 29.4. The van der Waals surface area contributed by atoms with E-state index in [4.69, 9.17) is 0 Å². The molecule has 4 heterocycles. The molecule has 2 aliphatic heterocycles. The molecule has 220 valence electrons. The summed E-state index contributed by atoms with van der Waals surface area (Å²) in [7, 11) is 0. The molecular formula is C30H30F4N6O2. The third kappa shape index (κ3) is 5.49. The van der Waals surface area contributed by atoms with E-state index in [0.29, 0.717) is 48.8 Å². The second-order valence-electron chi connectivity index (χ2n) is 10.9. The van der Waals surface area contributed by atoms with E-state index in [1.54, 1.807) is 21.7 Å². The third-order valence-electron chi connectivity index (χ3n) is 8.05. The van der Waals surface area contributed by atoms with Crippen LogP contribution in [0.3, 0.4) is 0 Å². The molecular weight excluding hydrogens is 552 g/mol. The zero-order valence-electron chi connectivity index (χ0n) is 22.9. The van der Waals surface area contributed by atoms with E-state index in [-0.39, 0.29) is 23.4 Å². The number of carbonyl (C=O) groups excluding carboxylic acids is 1. The topological polar surface area (TPSA) is 76.3 Å². The third-order valence-corrected chi connectivity index (χ3v) is 8.05. The monoisotopic (exact) mass is 582 g/mol. The zero-order valence-corrected chi connectivity index (χ0v) is 22.9. The lowest BCUT2D eigenvalue weighted by molar-refractivity contribution is -0.137. The number of aromatic nitrogens is 4. The number of alkyl halides is 3. The van der Waals surface area contributed by atoms with Crippen LogP contribution in [0.5, 0.6) is 0 Å². The van der Waals surface area contributed by atoms with Crippen molar-refractivity contribution in [2.24, 2.45) is 0 Å². The summed E-state index contributed by atoms with van der Waals surface area (Å²) >= 11 is 0. The number of hydrogen-bond donors (Lipinski definition) is 0. The van der Waals surface area contributed by atoms with Gasteiger partial charge in [-0.05, 0) is 74.9 Å². The Kier molecular flexibility index (Phi) is 7.46. The number of anilines is 1. The van der Waals surface area contributed by atoms with Crippen molar-refractivity contribution in [2.75, 3.05) is 31.1 Å². The van der Waals surface area contributed by atoms with E-state index in [9.17, 15) is 22.8 Å². The van der Waals surface area contributed by atoms with Gasteiger partial charge in [-0.25, -0.2) is 9.07 Å². The van der Waals surface area contributed by atoms with E-state index in [1.807, 2.05) is 4.90 Å². The van der Waals surface area contributed by atoms with Crippen LogP contribution in [0, 0.1) is 5.82 Å². The smallest absolute Gasteiger partial charge is 0.369 e. The standard InChI is InChI=1S/C30H30F4N6O2/c31-25-15-23-26(16-27(25)37-11-3-1-4-12-37)39(19-24(28(23)41)29(42)38-13-5-2-6-14-38)17-21-18-40(36-35-21)22-9-7-20(8-10-22)30(32,33)34/h7-10,15-16,18-19H,1-6,11-14,17H2. The second kappa shape index (κ2) is 11.2. The van der Waals surface area contributed by atoms with Crippen LogP contribution >= 0.6 is 0 Å². The van der Waals surface area contributed by atoms with Gasteiger partial charge < -0.3 is 14.4 Å². The van der Waals surface area contributed by atoms with Crippen molar-refractivity contribution < 1.29 is 22.4 Å². The number of amides is 1. The first-order chi connectivity index (χ1) is 20.2. The summed E-state index contributed by atoms with van der Waals surface area (Å²) in [6.45, 7) is 2.63. The summed E-state index contributed by atoms with van der Waals surface area (Å²) in [6, 6.07) is 7.44. The van der Waals surface area contributed by atoms with Crippen LogP contribution in [0.1, 0.15) is 60.1 Å². The molecule has 2 aromatic heterocycles. The minimum atomic E-state index is -4.45. The molecule has 2 aliphatic rings. The van der Waals surface area contributed by atoms with Gasteiger partial charge >= 0.3 is 6.18 Å². The first kappa shape index (κ1) is 27.9. The van der Waals surface area contributed by atoms with Gasteiger partial charge in [0.2, 0.25) is 5.43 Å². The Bertz CT molecular complexity index is 1670. The summed E-state index contributed by atoms with van der Waals surface area (Å²) in [4.78, 5) is 30.7. The molecule has 0 unspecified atom stereocenters. The van der Waals surface area contributed by atoms with Gasteiger partial charge in [-0.2, -0.15) is 13.2 Å². The number of piperidine rings is 2. The van der Waals surface area contributed by atoms with Crippen molar-refractivity contribution >= 4 is 22.5 Å². The fraction of sp³-hybridized carbons (Fsp3) is 0.400. The van der Waals surface area contributed by atoms with Crippen LogP contribution in [0.2, 0.25) is 0 Å². The molecule has 6 rings (SSSR count).